The van der Waals surface area contributed by atoms with E-state index in [0.29, 0.717) is 5.41 Å². The third-order valence-corrected chi connectivity index (χ3v) is 5.02. The molecule has 0 aromatic carbocycles. The van der Waals surface area contributed by atoms with Crippen LogP contribution in [0.2, 0.25) is 0 Å². The van der Waals surface area contributed by atoms with Crippen molar-refractivity contribution < 1.29 is 4.79 Å². The number of unbranched alkanes of at least 4 members (excludes halogenated alkanes) is 1. The number of likely N-dealkylation sites (tertiary alicyclic amines) is 1. The maximum absolute atomic E-state index is 12.1. The van der Waals surface area contributed by atoms with Crippen molar-refractivity contribution in [2.24, 2.45) is 11.3 Å². The van der Waals surface area contributed by atoms with E-state index in [1.807, 2.05) is 0 Å². The summed E-state index contributed by atoms with van der Waals surface area (Å²) in [5, 5.41) is 0. The molecule has 1 spiro atoms. The first-order valence-corrected chi connectivity index (χ1v) is 8.19. The lowest BCUT2D eigenvalue weighted by atomic mass is 9.62. The Hall–Kier alpha value is -0.830. The van der Waals surface area contributed by atoms with Crippen molar-refractivity contribution in [2.75, 3.05) is 33.2 Å². The van der Waals surface area contributed by atoms with Crippen molar-refractivity contribution in [3.8, 4) is 0 Å². The van der Waals surface area contributed by atoms with Gasteiger partial charge in [-0.15, -0.1) is 0 Å². The van der Waals surface area contributed by atoms with Crippen molar-refractivity contribution >= 4 is 5.91 Å². The Balaban J connectivity index is 1.65. The zero-order chi connectivity index (χ0) is 14.6. The number of carbonyl (C=O) groups is 1. The lowest BCUT2D eigenvalue weighted by Crippen LogP contribution is -2.39. The maximum atomic E-state index is 12.1. The van der Waals surface area contributed by atoms with Crippen LogP contribution >= 0.6 is 0 Å². The van der Waals surface area contributed by atoms with E-state index in [9.17, 15) is 4.79 Å². The molecule has 1 amide bonds. The number of carbonyl (C=O) groups excluding carboxylic acids is 1. The topological polar surface area (TPSA) is 23.6 Å². The van der Waals surface area contributed by atoms with Crippen LogP contribution in [-0.4, -0.2) is 48.9 Å². The first-order chi connectivity index (χ1) is 9.54. The number of hydrogen-bond donors (Lipinski definition) is 0. The predicted molar refractivity (Wildman–Crippen MR) is 83.6 cm³/mol. The van der Waals surface area contributed by atoms with Gasteiger partial charge in [0.05, 0.1) is 0 Å². The van der Waals surface area contributed by atoms with Gasteiger partial charge in [-0.05, 0) is 69.7 Å². The Morgan fingerprint density at radius 1 is 1.45 bits per heavy atom. The Bertz CT molecular complexity index is 358. The summed E-state index contributed by atoms with van der Waals surface area (Å²) in [6.45, 7) is 8.66. The molecule has 0 aromatic rings. The first kappa shape index (κ1) is 15.6. The molecule has 2 rings (SSSR count). The number of hydrogen-bond acceptors (Lipinski definition) is 2. The fraction of sp³-hybridized carbons (Fsp3) is 0.824. The van der Waals surface area contributed by atoms with Crippen LogP contribution in [0.25, 0.3) is 0 Å². The van der Waals surface area contributed by atoms with Gasteiger partial charge in [-0.1, -0.05) is 19.9 Å². The summed E-state index contributed by atoms with van der Waals surface area (Å²) < 4.78 is 0. The van der Waals surface area contributed by atoms with E-state index in [0.717, 1.165) is 44.9 Å². The van der Waals surface area contributed by atoms with Crippen molar-refractivity contribution in [1.29, 1.82) is 0 Å². The fourth-order valence-corrected chi connectivity index (χ4v) is 3.80. The highest BCUT2D eigenvalue weighted by molar-refractivity contribution is 5.87. The normalized spacial score (nSPS) is 29.6. The molecular formula is C17H30N2O. The lowest BCUT2D eigenvalue weighted by Gasteiger charge is -2.43. The van der Waals surface area contributed by atoms with Crippen molar-refractivity contribution in [3.05, 3.63) is 12.2 Å². The van der Waals surface area contributed by atoms with E-state index < -0.39 is 0 Å². The number of allylic oxidation sites excluding steroid dienone is 1. The lowest BCUT2D eigenvalue weighted by molar-refractivity contribution is -0.125. The zero-order valence-electron chi connectivity index (χ0n) is 13.4. The van der Waals surface area contributed by atoms with Crippen LogP contribution in [0.1, 0.15) is 46.0 Å². The van der Waals surface area contributed by atoms with Gasteiger partial charge in [-0.3, -0.25) is 4.79 Å². The zero-order valence-corrected chi connectivity index (χ0v) is 13.4. The van der Waals surface area contributed by atoms with E-state index in [1.54, 1.807) is 6.08 Å². The standard InChI is InChI=1S/C17H30N2O/c1-4-18(3)10-7-5-6-8-16(20)19-11-9-17(14-19)12-15(2)13-17/h6,8,15H,4-5,7,9-14H2,1-3H3/b8-6+. The molecular weight excluding hydrogens is 248 g/mol. The van der Waals surface area contributed by atoms with Gasteiger partial charge in [0.15, 0.2) is 0 Å². The average molecular weight is 278 g/mol. The van der Waals surface area contributed by atoms with Crippen molar-refractivity contribution in [1.82, 2.24) is 9.80 Å². The monoisotopic (exact) mass is 278 g/mol. The summed E-state index contributed by atoms with van der Waals surface area (Å²) in [6.07, 6.45) is 9.86. The maximum Gasteiger partial charge on any atom is 0.246 e. The molecule has 0 bridgehead atoms. The highest BCUT2D eigenvalue weighted by atomic mass is 16.2. The highest BCUT2D eigenvalue weighted by Gasteiger charge is 2.47. The molecule has 2 fully saturated rings. The molecule has 0 radical (unpaired) electrons. The van der Waals surface area contributed by atoms with E-state index in [-0.39, 0.29) is 5.91 Å². The van der Waals surface area contributed by atoms with E-state index in [4.69, 9.17) is 0 Å². The largest absolute Gasteiger partial charge is 0.339 e. The second kappa shape index (κ2) is 6.75. The molecule has 1 saturated carbocycles. The Kier molecular flexibility index (Phi) is 5.25. The van der Waals surface area contributed by atoms with Crippen molar-refractivity contribution in [2.45, 2.75) is 46.0 Å². The van der Waals surface area contributed by atoms with E-state index in [1.165, 1.54) is 19.3 Å². The van der Waals surface area contributed by atoms with Crippen LogP contribution in [0.4, 0.5) is 0 Å². The summed E-state index contributed by atoms with van der Waals surface area (Å²) in [7, 11) is 2.14. The van der Waals surface area contributed by atoms with Gasteiger partial charge in [0, 0.05) is 13.1 Å². The molecule has 3 heteroatoms. The van der Waals surface area contributed by atoms with Gasteiger partial charge in [-0.25, -0.2) is 0 Å². The molecule has 114 valence electrons. The summed E-state index contributed by atoms with van der Waals surface area (Å²) in [6, 6.07) is 0. The molecule has 0 N–H and O–H groups in total. The molecule has 1 aliphatic carbocycles. The number of nitrogens with zero attached hydrogens (tertiary/aromatic N) is 2. The van der Waals surface area contributed by atoms with Gasteiger partial charge in [-0.2, -0.15) is 0 Å². The fourth-order valence-electron chi connectivity index (χ4n) is 3.80. The molecule has 3 nitrogen and oxygen atoms in total. The molecule has 1 saturated heterocycles. The summed E-state index contributed by atoms with van der Waals surface area (Å²) >= 11 is 0. The minimum absolute atomic E-state index is 0.227. The molecule has 2 aliphatic rings. The van der Waals surface area contributed by atoms with Gasteiger partial charge in [0.2, 0.25) is 5.91 Å². The number of amides is 1. The van der Waals surface area contributed by atoms with Crippen LogP contribution in [0.3, 0.4) is 0 Å². The van der Waals surface area contributed by atoms with Crippen LogP contribution in [0.5, 0.6) is 0 Å². The summed E-state index contributed by atoms with van der Waals surface area (Å²) in [5.41, 5.74) is 0.493. The van der Waals surface area contributed by atoms with Crippen LogP contribution in [-0.2, 0) is 4.79 Å². The summed E-state index contributed by atoms with van der Waals surface area (Å²) in [4.78, 5) is 16.5. The SMILES string of the molecule is CCN(C)CCC/C=C/C(=O)N1CCC2(CC(C)C2)C1. The van der Waals surface area contributed by atoms with Gasteiger partial charge in [0.25, 0.3) is 0 Å². The Morgan fingerprint density at radius 2 is 2.20 bits per heavy atom. The first-order valence-electron chi connectivity index (χ1n) is 8.19. The minimum Gasteiger partial charge on any atom is -0.339 e. The minimum atomic E-state index is 0.227. The predicted octanol–water partition coefficient (Wildman–Crippen LogP) is 2.92. The van der Waals surface area contributed by atoms with Gasteiger partial charge >= 0.3 is 0 Å². The van der Waals surface area contributed by atoms with Crippen LogP contribution in [0.15, 0.2) is 12.2 Å². The average Bonchev–Trinajstić information content (AvgIpc) is 2.82. The van der Waals surface area contributed by atoms with Crippen molar-refractivity contribution in [3.63, 3.8) is 0 Å². The molecule has 1 aliphatic heterocycles. The molecule has 20 heavy (non-hydrogen) atoms. The molecule has 0 unspecified atom stereocenters. The second-order valence-electron chi connectivity index (χ2n) is 6.96. The molecule has 1 heterocycles. The van der Waals surface area contributed by atoms with Gasteiger partial charge in [0.1, 0.15) is 0 Å². The third-order valence-electron chi connectivity index (χ3n) is 5.02. The van der Waals surface area contributed by atoms with Crippen LogP contribution < -0.4 is 0 Å². The third kappa shape index (κ3) is 3.85. The Morgan fingerprint density at radius 3 is 2.85 bits per heavy atom. The molecule has 0 aromatic heterocycles. The van der Waals surface area contributed by atoms with E-state index in [2.05, 4.69) is 36.8 Å². The summed E-state index contributed by atoms with van der Waals surface area (Å²) in [5.74, 6) is 1.10. The Labute approximate surface area is 124 Å². The smallest absolute Gasteiger partial charge is 0.246 e. The molecule has 0 atom stereocenters. The quantitative estimate of drug-likeness (QED) is 0.551. The van der Waals surface area contributed by atoms with Crippen LogP contribution in [0, 0.1) is 11.3 Å². The van der Waals surface area contributed by atoms with Gasteiger partial charge < -0.3 is 9.80 Å². The second-order valence-corrected chi connectivity index (χ2v) is 6.96. The number of rotatable bonds is 6. The van der Waals surface area contributed by atoms with E-state index >= 15 is 0 Å². The highest BCUT2D eigenvalue weighted by Crippen LogP contribution is 2.51.